The molecular formula is C20H28N4O3S. The van der Waals surface area contributed by atoms with Gasteiger partial charge in [-0.25, -0.2) is 12.7 Å². The van der Waals surface area contributed by atoms with Crippen molar-refractivity contribution < 1.29 is 13.5 Å². The van der Waals surface area contributed by atoms with Crippen molar-refractivity contribution >= 4 is 16.0 Å². The molecule has 0 spiro atoms. The van der Waals surface area contributed by atoms with Crippen LogP contribution in [-0.2, 0) is 16.6 Å². The molecule has 28 heavy (non-hydrogen) atoms. The lowest BCUT2D eigenvalue weighted by Gasteiger charge is -2.18. The summed E-state index contributed by atoms with van der Waals surface area (Å²) < 4.78 is 25.4. The first kappa shape index (κ1) is 21.9. The lowest BCUT2D eigenvalue weighted by atomic mass is 10.0. The topological polar surface area (TPSA) is 94.0 Å². The molecule has 0 fully saturated rings. The minimum atomic E-state index is -3.42. The van der Waals surface area contributed by atoms with Gasteiger partial charge in [-0.05, 0) is 23.3 Å². The minimum absolute atomic E-state index is 0.0322. The van der Waals surface area contributed by atoms with Crippen molar-refractivity contribution in [3.8, 4) is 0 Å². The van der Waals surface area contributed by atoms with Gasteiger partial charge >= 0.3 is 0 Å². The zero-order valence-corrected chi connectivity index (χ0v) is 17.3. The molecule has 0 amide bonds. The zero-order valence-electron chi connectivity index (χ0n) is 16.5. The van der Waals surface area contributed by atoms with Crippen molar-refractivity contribution in [3.63, 3.8) is 0 Å². The molecule has 7 nitrogen and oxygen atoms in total. The van der Waals surface area contributed by atoms with E-state index in [-0.39, 0.29) is 17.4 Å². The summed E-state index contributed by atoms with van der Waals surface area (Å²) in [6, 6.07) is 16.6. The van der Waals surface area contributed by atoms with Gasteiger partial charge in [-0.15, -0.1) is 0 Å². The summed E-state index contributed by atoms with van der Waals surface area (Å²) in [5.41, 5.74) is 1.99. The summed E-state index contributed by atoms with van der Waals surface area (Å²) in [6.07, 6.45) is 0. The number of aliphatic hydroxyl groups excluding tert-OH is 1. The summed E-state index contributed by atoms with van der Waals surface area (Å²) in [4.78, 5) is 4.45. The van der Waals surface area contributed by atoms with E-state index in [1.807, 2.05) is 30.3 Å². The normalized spacial score (nSPS) is 13.4. The van der Waals surface area contributed by atoms with E-state index in [2.05, 4.69) is 15.6 Å². The van der Waals surface area contributed by atoms with Crippen molar-refractivity contribution in [1.82, 2.24) is 14.9 Å². The van der Waals surface area contributed by atoms with E-state index in [4.69, 9.17) is 0 Å². The van der Waals surface area contributed by atoms with Crippen molar-refractivity contribution in [2.45, 2.75) is 17.4 Å². The van der Waals surface area contributed by atoms with Gasteiger partial charge in [0.05, 0.1) is 11.5 Å². The Morgan fingerprint density at radius 2 is 1.71 bits per heavy atom. The fraction of sp³-hybridized carbons (Fsp3) is 0.350. The standard InChI is InChI=1S/C20H28N4O3S/c1-21-20(23-14-18(15-25)17-7-5-4-6-8-17)22-13-16-9-11-19(12-10-16)28(26,27)24(2)3/h4-12,18,25H,13-15H2,1-3H3,(H2,21,22,23). The second-order valence-electron chi connectivity index (χ2n) is 6.53. The fourth-order valence-electron chi connectivity index (χ4n) is 2.63. The van der Waals surface area contributed by atoms with Crippen LogP contribution < -0.4 is 10.6 Å². The Bertz CT molecular complexity index is 866. The van der Waals surface area contributed by atoms with E-state index < -0.39 is 10.0 Å². The van der Waals surface area contributed by atoms with Crippen LogP contribution in [0.25, 0.3) is 0 Å². The quantitative estimate of drug-likeness (QED) is 0.456. The van der Waals surface area contributed by atoms with E-state index in [1.54, 1.807) is 31.3 Å². The van der Waals surface area contributed by atoms with Gasteiger partial charge in [0.25, 0.3) is 0 Å². The predicted molar refractivity (Wildman–Crippen MR) is 112 cm³/mol. The molecule has 0 aliphatic rings. The van der Waals surface area contributed by atoms with E-state index in [0.717, 1.165) is 11.1 Å². The molecule has 2 aromatic rings. The highest BCUT2D eigenvalue weighted by Crippen LogP contribution is 2.14. The van der Waals surface area contributed by atoms with Crippen LogP contribution in [0.15, 0.2) is 64.5 Å². The number of benzene rings is 2. The molecule has 2 aromatic carbocycles. The molecule has 0 aromatic heterocycles. The number of hydrogen-bond donors (Lipinski definition) is 3. The first-order valence-corrected chi connectivity index (χ1v) is 10.4. The largest absolute Gasteiger partial charge is 0.396 e. The predicted octanol–water partition coefficient (Wildman–Crippen LogP) is 1.38. The highest BCUT2D eigenvalue weighted by molar-refractivity contribution is 7.89. The number of nitrogens with one attached hydrogen (secondary N) is 2. The van der Waals surface area contributed by atoms with Gasteiger partial charge in [-0.2, -0.15) is 0 Å². The number of rotatable bonds is 8. The maximum Gasteiger partial charge on any atom is 0.242 e. The van der Waals surface area contributed by atoms with Crippen LogP contribution in [0.1, 0.15) is 17.0 Å². The fourth-order valence-corrected chi connectivity index (χ4v) is 3.53. The summed E-state index contributed by atoms with van der Waals surface area (Å²) in [5.74, 6) is 0.578. The molecule has 0 bridgehead atoms. The molecule has 0 saturated heterocycles. The number of nitrogens with zero attached hydrogens (tertiary/aromatic N) is 2. The van der Waals surface area contributed by atoms with E-state index in [0.29, 0.717) is 19.0 Å². The molecule has 1 unspecified atom stereocenters. The first-order valence-electron chi connectivity index (χ1n) is 9.00. The summed E-state index contributed by atoms with van der Waals surface area (Å²) in [7, 11) is 1.27. The van der Waals surface area contributed by atoms with Crippen molar-refractivity contribution in [3.05, 3.63) is 65.7 Å². The Morgan fingerprint density at radius 3 is 2.25 bits per heavy atom. The Morgan fingerprint density at radius 1 is 1.07 bits per heavy atom. The first-order chi connectivity index (χ1) is 13.4. The van der Waals surface area contributed by atoms with Crippen LogP contribution in [0.2, 0.25) is 0 Å². The van der Waals surface area contributed by atoms with Crippen molar-refractivity contribution in [2.24, 2.45) is 4.99 Å². The molecular weight excluding hydrogens is 376 g/mol. The van der Waals surface area contributed by atoms with Crippen LogP contribution in [0.3, 0.4) is 0 Å². The molecule has 1 atom stereocenters. The van der Waals surface area contributed by atoms with E-state index in [9.17, 15) is 13.5 Å². The van der Waals surface area contributed by atoms with Crippen LogP contribution in [0, 0.1) is 0 Å². The highest BCUT2D eigenvalue weighted by Gasteiger charge is 2.16. The van der Waals surface area contributed by atoms with Crippen LogP contribution in [0.5, 0.6) is 0 Å². The Labute approximate surface area is 167 Å². The van der Waals surface area contributed by atoms with Gasteiger partial charge in [-0.1, -0.05) is 42.5 Å². The lowest BCUT2D eigenvalue weighted by molar-refractivity contribution is 0.265. The van der Waals surface area contributed by atoms with Gasteiger partial charge in [0.15, 0.2) is 5.96 Å². The zero-order chi connectivity index (χ0) is 20.6. The summed E-state index contributed by atoms with van der Waals surface area (Å²) >= 11 is 0. The van der Waals surface area contributed by atoms with Crippen LogP contribution >= 0.6 is 0 Å². The maximum atomic E-state index is 12.1. The number of aliphatic hydroxyl groups is 1. The second-order valence-corrected chi connectivity index (χ2v) is 8.68. The number of aliphatic imine (C=N–C) groups is 1. The average molecular weight is 405 g/mol. The Hall–Kier alpha value is -2.42. The number of hydrogen-bond acceptors (Lipinski definition) is 4. The molecule has 152 valence electrons. The third-order valence-electron chi connectivity index (χ3n) is 4.39. The SMILES string of the molecule is CN=C(NCc1ccc(S(=O)(=O)N(C)C)cc1)NCC(CO)c1ccccc1. The molecule has 0 heterocycles. The molecule has 0 aliphatic heterocycles. The second kappa shape index (κ2) is 10.2. The van der Waals surface area contributed by atoms with Gasteiger partial charge in [0, 0.05) is 40.2 Å². The third-order valence-corrected chi connectivity index (χ3v) is 6.22. The molecule has 0 aliphatic carbocycles. The summed E-state index contributed by atoms with van der Waals surface area (Å²) in [6.45, 7) is 1.08. The molecule has 0 saturated carbocycles. The van der Waals surface area contributed by atoms with Gasteiger partial charge in [0.1, 0.15) is 0 Å². The molecule has 8 heteroatoms. The monoisotopic (exact) mass is 404 g/mol. The van der Waals surface area contributed by atoms with Crippen molar-refractivity contribution in [1.29, 1.82) is 0 Å². The van der Waals surface area contributed by atoms with Crippen molar-refractivity contribution in [2.75, 3.05) is 34.3 Å². The molecule has 3 N–H and O–H groups in total. The summed E-state index contributed by atoms with van der Waals surface area (Å²) in [5, 5.41) is 16.1. The van der Waals surface area contributed by atoms with E-state index >= 15 is 0 Å². The smallest absolute Gasteiger partial charge is 0.242 e. The van der Waals surface area contributed by atoms with Gasteiger partial charge in [-0.3, -0.25) is 4.99 Å². The van der Waals surface area contributed by atoms with Crippen LogP contribution in [-0.4, -0.2) is 58.1 Å². The number of guanidine groups is 1. The maximum absolute atomic E-state index is 12.1. The molecule has 0 radical (unpaired) electrons. The highest BCUT2D eigenvalue weighted by atomic mass is 32.2. The van der Waals surface area contributed by atoms with Gasteiger partial charge < -0.3 is 15.7 Å². The lowest BCUT2D eigenvalue weighted by Crippen LogP contribution is -2.39. The third kappa shape index (κ3) is 5.79. The number of sulfonamides is 1. The van der Waals surface area contributed by atoms with Crippen LogP contribution in [0.4, 0.5) is 0 Å². The van der Waals surface area contributed by atoms with E-state index in [1.165, 1.54) is 18.4 Å². The average Bonchev–Trinajstić information content (AvgIpc) is 2.71. The minimum Gasteiger partial charge on any atom is -0.396 e. The molecule has 2 rings (SSSR count). The Balaban J connectivity index is 1.92. The Kier molecular flexibility index (Phi) is 7.98. The van der Waals surface area contributed by atoms with Gasteiger partial charge in [0.2, 0.25) is 10.0 Å².